The van der Waals surface area contributed by atoms with Crippen molar-refractivity contribution in [3.8, 4) is 0 Å². The molecule has 1 spiro atoms. The number of rotatable bonds is 2. The SMILES string of the molecule is C[C@H](F)CNC(=O)N1CCC2(CC2)C1. The minimum atomic E-state index is -0.962. The van der Waals surface area contributed by atoms with Crippen LogP contribution in [0.1, 0.15) is 26.2 Å². The monoisotopic (exact) mass is 200 g/mol. The molecule has 1 aliphatic heterocycles. The molecule has 2 rings (SSSR count). The molecule has 2 aliphatic rings. The topological polar surface area (TPSA) is 32.3 Å². The lowest BCUT2D eigenvalue weighted by Gasteiger charge is -2.17. The number of likely N-dealkylation sites (tertiary alicyclic amines) is 1. The third kappa shape index (κ3) is 1.99. The van der Waals surface area contributed by atoms with Gasteiger partial charge in [-0.1, -0.05) is 0 Å². The first kappa shape index (κ1) is 9.74. The normalized spacial score (nSPS) is 25.1. The molecule has 0 aromatic rings. The third-order valence-corrected chi connectivity index (χ3v) is 3.22. The lowest BCUT2D eigenvalue weighted by atomic mass is 10.1. The fourth-order valence-electron chi connectivity index (χ4n) is 2.03. The van der Waals surface area contributed by atoms with Crippen molar-refractivity contribution in [3.63, 3.8) is 0 Å². The Morgan fingerprint density at radius 3 is 2.79 bits per heavy atom. The number of hydrogen-bond acceptors (Lipinski definition) is 1. The number of alkyl halides is 1. The van der Waals surface area contributed by atoms with Gasteiger partial charge >= 0.3 is 6.03 Å². The van der Waals surface area contributed by atoms with Crippen LogP contribution >= 0.6 is 0 Å². The molecule has 1 aliphatic carbocycles. The number of nitrogens with zero attached hydrogens (tertiary/aromatic N) is 1. The van der Waals surface area contributed by atoms with Crippen molar-refractivity contribution in [3.05, 3.63) is 0 Å². The fourth-order valence-corrected chi connectivity index (χ4v) is 2.03. The molecule has 0 radical (unpaired) electrons. The van der Waals surface area contributed by atoms with Gasteiger partial charge in [0.15, 0.2) is 0 Å². The Morgan fingerprint density at radius 1 is 1.57 bits per heavy atom. The Balaban J connectivity index is 1.76. The Kier molecular flexibility index (Phi) is 2.37. The van der Waals surface area contributed by atoms with Crippen LogP contribution in [-0.4, -0.2) is 36.7 Å². The van der Waals surface area contributed by atoms with Gasteiger partial charge in [-0.15, -0.1) is 0 Å². The number of carbonyl (C=O) groups excluding carboxylic acids is 1. The van der Waals surface area contributed by atoms with Crippen LogP contribution in [0.3, 0.4) is 0 Å². The summed E-state index contributed by atoms with van der Waals surface area (Å²) in [7, 11) is 0. The van der Waals surface area contributed by atoms with Gasteiger partial charge in [-0.2, -0.15) is 0 Å². The van der Waals surface area contributed by atoms with Crippen molar-refractivity contribution in [2.75, 3.05) is 19.6 Å². The second-order valence-electron chi connectivity index (χ2n) is 4.64. The largest absolute Gasteiger partial charge is 0.335 e. The molecule has 2 amide bonds. The molecule has 0 aromatic carbocycles. The van der Waals surface area contributed by atoms with Crippen LogP contribution in [0, 0.1) is 5.41 Å². The zero-order valence-electron chi connectivity index (χ0n) is 8.55. The molecule has 2 fully saturated rings. The second-order valence-corrected chi connectivity index (χ2v) is 4.64. The molecule has 80 valence electrons. The van der Waals surface area contributed by atoms with E-state index >= 15 is 0 Å². The molecule has 0 bridgehead atoms. The van der Waals surface area contributed by atoms with Gasteiger partial charge in [0.2, 0.25) is 0 Å². The molecular weight excluding hydrogens is 183 g/mol. The molecule has 4 heteroatoms. The van der Waals surface area contributed by atoms with E-state index in [1.807, 2.05) is 4.90 Å². The third-order valence-electron chi connectivity index (χ3n) is 3.22. The zero-order valence-corrected chi connectivity index (χ0v) is 8.55. The summed E-state index contributed by atoms with van der Waals surface area (Å²) in [5.41, 5.74) is 0.457. The molecule has 1 heterocycles. The van der Waals surface area contributed by atoms with Crippen molar-refractivity contribution in [1.29, 1.82) is 0 Å². The number of urea groups is 1. The Hall–Kier alpha value is -0.800. The van der Waals surface area contributed by atoms with Crippen LogP contribution < -0.4 is 5.32 Å². The minimum absolute atomic E-state index is 0.0988. The van der Waals surface area contributed by atoms with Gasteiger partial charge in [0.25, 0.3) is 0 Å². The van der Waals surface area contributed by atoms with E-state index in [4.69, 9.17) is 0 Å². The highest BCUT2D eigenvalue weighted by molar-refractivity contribution is 5.74. The summed E-state index contributed by atoms with van der Waals surface area (Å²) in [6.45, 7) is 3.29. The lowest BCUT2D eigenvalue weighted by molar-refractivity contribution is 0.202. The molecule has 1 atom stereocenters. The van der Waals surface area contributed by atoms with Crippen molar-refractivity contribution in [1.82, 2.24) is 10.2 Å². The highest BCUT2D eigenvalue weighted by atomic mass is 19.1. The van der Waals surface area contributed by atoms with Crippen LogP contribution in [0.25, 0.3) is 0 Å². The minimum Gasteiger partial charge on any atom is -0.335 e. The zero-order chi connectivity index (χ0) is 10.2. The van der Waals surface area contributed by atoms with Gasteiger partial charge in [-0.3, -0.25) is 0 Å². The van der Waals surface area contributed by atoms with E-state index in [2.05, 4.69) is 5.32 Å². The maximum Gasteiger partial charge on any atom is 0.317 e. The molecule has 0 aromatic heterocycles. The number of amides is 2. The van der Waals surface area contributed by atoms with E-state index in [0.29, 0.717) is 5.41 Å². The molecule has 0 unspecified atom stereocenters. The first-order chi connectivity index (χ1) is 6.61. The van der Waals surface area contributed by atoms with Crippen LogP contribution in [0.2, 0.25) is 0 Å². The Morgan fingerprint density at radius 2 is 2.29 bits per heavy atom. The summed E-state index contributed by atoms with van der Waals surface area (Å²) >= 11 is 0. The van der Waals surface area contributed by atoms with Crippen molar-refractivity contribution >= 4 is 6.03 Å². The predicted octanol–water partition coefficient (Wildman–Crippen LogP) is 1.54. The average molecular weight is 200 g/mol. The van der Waals surface area contributed by atoms with E-state index in [-0.39, 0.29) is 12.6 Å². The van der Waals surface area contributed by atoms with Gasteiger partial charge < -0.3 is 10.2 Å². The summed E-state index contributed by atoms with van der Waals surface area (Å²) in [6, 6.07) is -0.0988. The van der Waals surface area contributed by atoms with E-state index in [1.165, 1.54) is 19.8 Å². The maximum atomic E-state index is 12.5. The Labute approximate surface area is 83.6 Å². The van der Waals surface area contributed by atoms with Crippen LogP contribution in [0.15, 0.2) is 0 Å². The van der Waals surface area contributed by atoms with E-state index in [9.17, 15) is 9.18 Å². The molecule has 1 N–H and O–H groups in total. The summed E-state index contributed by atoms with van der Waals surface area (Å²) < 4.78 is 12.5. The first-order valence-electron chi connectivity index (χ1n) is 5.28. The van der Waals surface area contributed by atoms with Crippen LogP contribution in [-0.2, 0) is 0 Å². The van der Waals surface area contributed by atoms with Crippen LogP contribution in [0.4, 0.5) is 9.18 Å². The lowest BCUT2D eigenvalue weighted by Crippen LogP contribution is -2.40. The van der Waals surface area contributed by atoms with Gasteiger partial charge in [0, 0.05) is 13.1 Å². The molecule has 1 saturated heterocycles. The van der Waals surface area contributed by atoms with E-state index in [0.717, 1.165) is 19.5 Å². The number of hydrogen-bond donors (Lipinski definition) is 1. The van der Waals surface area contributed by atoms with Crippen LogP contribution in [0.5, 0.6) is 0 Å². The predicted molar refractivity (Wildman–Crippen MR) is 51.8 cm³/mol. The number of carbonyl (C=O) groups is 1. The fraction of sp³-hybridized carbons (Fsp3) is 0.900. The van der Waals surface area contributed by atoms with Crippen molar-refractivity contribution in [2.24, 2.45) is 5.41 Å². The maximum absolute atomic E-state index is 12.5. The highest BCUT2D eigenvalue weighted by Gasteiger charge is 2.48. The van der Waals surface area contributed by atoms with E-state index in [1.54, 1.807) is 0 Å². The summed E-state index contributed by atoms with van der Waals surface area (Å²) in [6.07, 6.45) is 2.69. The summed E-state index contributed by atoms with van der Waals surface area (Å²) in [4.78, 5) is 13.3. The molecular formula is C10H17FN2O. The van der Waals surface area contributed by atoms with Crippen molar-refractivity contribution in [2.45, 2.75) is 32.4 Å². The Bertz CT molecular complexity index is 238. The van der Waals surface area contributed by atoms with Gasteiger partial charge in [0.05, 0.1) is 6.54 Å². The molecule has 14 heavy (non-hydrogen) atoms. The smallest absolute Gasteiger partial charge is 0.317 e. The summed E-state index contributed by atoms with van der Waals surface area (Å²) in [5, 5.41) is 2.60. The highest BCUT2D eigenvalue weighted by Crippen LogP contribution is 2.52. The average Bonchev–Trinajstić information content (AvgIpc) is 2.73. The first-order valence-corrected chi connectivity index (χ1v) is 5.28. The van der Waals surface area contributed by atoms with E-state index < -0.39 is 6.17 Å². The van der Waals surface area contributed by atoms with Crippen molar-refractivity contribution < 1.29 is 9.18 Å². The summed E-state index contributed by atoms with van der Waals surface area (Å²) in [5.74, 6) is 0. The number of nitrogens with one attached hydrogen (secondary N) is 1. The van der Waals surface area contributed by atoms with Gasteiger partial charge in [0.1, 0.15) is 6.17 Å². The van der Waals surface area contributed by atoms with Gasteiger partial charge in [-0.25, -0.2) is 9.18 Å². The quantitative estimate of drug-likeness (QED) is 0.720. The van der Waals surface area contributed by atoms with Gasteiger partial charge in [-0.05, 0) is 31.6 Å². The number of halogens is 1. The second kappa shape index (κ2) is 3.41. The molecule has 3 nitrogen and oxygen atoms in total. The standard InChI is InChI=1S/C10H17FN2O/c1-8(11)6-12-9(14)13-5-4-10(7-13)2-3-10/h8H,2-7H2,1H3,(H,12,14)/t8-/m0/s1. The molecule has 1 saturated carbocycles.